The molecular weight excluding hydrogens is 509 g/mol. The molecule has 9 nitrogen and oxygen atoms in total. The number of benzene rings is 1. The largest absolute Gasteiger partial charge is 0.497 e. The predicted molar refractivity (Wildman–Crippen MR) is 133 cm³/mol. The average Bonchev–Trinajstić information content (AvgIpc) is 3.07. The number of methoxy groups -OCH3 is 1. The van der Waals surface area contributed by atoms with Crippen LogP contribution in [0.2, 0.25) is 0 Å². The zero-order chi connectivity index (χ0) is 22.1. The summed E-state index contributed by atoms with van der Waals surface area (Å²) in [6.07, 6.45) is 0. The van der Waals surface area contributed by atoms with Crippen molar-refractivity contribution in [2.75, 3.05) is 33.8 Å². The highest BCUT2D eigenvalue weighted by Crippen LogP contribution is 2.12. The van der Waals surface area contributed by atoms with Crippen molar-refractivity contribution < 1.29 is 9.53 Å². The third kappa shape index (κ3) is 7.67. The van der Waals surface area contributed by atoms with E-state index in [0.717, 1.165) is 23.0 Å². The van der Waals surface area contributed by atoms with Crippen LogP contribution < -0.4 is 10.1 Å². The molecule has 2 aromatic rings. The van der Waals surface area contributed by atoms with E-state index >= 15 is 0 Å². The number of ether oxygens (including phenoxy) is 1. The van der Waals surface area contributed by atoms with E-state index in [1.165, 1.54) is 0 Å². The van der Waals surface area contributed by atoms with Gasteiger partial charge in [-0.3, -0.25) is 4.79 Å². The molecule has 0 radical (unpaired) electrons. The van der Waals surface area contributed by atoms with Crippen molar-refractivity contribution in [2.45, 2.75) is 33.9 Å². The number of nitrogens with one attached hydrogen (secondary N) is 1. The van der Waals surface area contributed by atoms with Gasteiger partial charge in [0.05, 0.1) is 26.7 Å². The van der Waals surface area contributed by atoms with Gasteiger partial charge in [0.1, 0.15) is 11.6 Å². The zero-order valence-corrected chi connectivity index (χ0v) is 21.6. The molecule has 0 saturated carbocycles. The van der Waals surface area contributed by atoms with Crippen LogP contribution in [0.4, 0.5) is 0 Å². The molecule has 172 valence electrons. The van der Waals surface area contributed by atoms with E-state index in [9.17, 15) is 4.79 Å². The third-order valence-electron chi connectivity index (χ3n) is 5.01. The first-order chi connectivity index (χ1) is 14.4. The van der Waals surface area contributed by atoms with Crippen molar-refractivity contribution >= 4 is 35.8 Å². The standard InChI is InChI=1S/C21H33N7O2.HI/c1-7-28(8-2)20(29)15-26(4)21(23-14-19-25-24-16(3)27(19)5)22-13-17-9-11-18(30-6)12-10-17;/h9-12H,7-8,13-15H2,1-6H3,(H,22,23);1H. The number of halogens is 1. The number of carbonyl (C=O) groups excluding carboxylic acids is 1. The molecule has 0 bridgehead atoms. The van der Waals surface area contributed by atoms with Crippen molar-refractivity contribution in [1.29, 1.82) is 0 Å². The predicted octanol–water partition coefficient (Wildman–Crippen LogP) is 2.20. The van der Waals surface area contributed by atoms with Crippen LogP contribution in [0, 0.1) is 6.92 Å². The molecule has 0 unspecified atom stereocenters. The lowest BCUT2D eigenvalue weighted by Gasteiger charge is -2.26. The van der Waals surface area contributed by atoms with Gasteiger partial charge in [-0.05, 0) is 38.5 Å². The maximum atomic E-state index is 12.6. The van der Waals surface area contributed by atoms with Gasteiger partial charge in [0, 0.05) is 27.2 Å². The Morgan fingerprint density at radius 3 is 2.35 bits per heavy atom. The van der Waals surface area contributed by atoms with Gasteiger partial charge in [0.25, 0.3) is 0 Å². The SMILES string of the molecule is CCN(CC)C(=O)CN(C)C(=NCc1ccc(OC)cc1)NCc1nnc(C)n1C.I. The molecule has 0 atom stereocenters. The maximum Gasteiger partial charge on any atom is 0.242 e. The topological polar surface area (TPSA) is 87.9 Å². The Bertz CT molecular complexity index is 848. The number of amides is 1. The summed E-state index contributed by atoms with van der Waals surface area (Å²) >= 11 is 0. The number of aromatic nitrogens is 3. The van der Waals surface area contributed by atoms with E-state index in [1.807, 2.05) is 73.5 Å². The number of likely N-dealkylation sites (N-methyl/N-ethyl adjacent to an activating group) is 2. The molecule has 1 N–H and O–H groups in total. The van der Waals surface area contributed by atoms with Crippen LogP contribution in [0.25, 0.3) is 0 Å². The Morgan fingerprint density at radius 1 is 1.19 bits per heavy atom. The summed E-state index contributed by atoms with van der Waals surface area (Å²) in [4.78, 5) is 20.9. The number of carbonyl (C=O) groups is 1. The second-order valence-electron chi connectivity index (χ2n) is 6.99. The Hall–Kier alpha value is -2.37. The van der Waals surface area contributed by atoms with Crippen LogP contribution >= 0.6 is 24.0 Å². The molecule has 0 aliphatic rings. The molecule has 2 rings (SSSR count). The van der Waals surface area contributed by atoms with Crippen molar-refractivity contribution in [3.8, 4) is 5.75 Å². The molecule has 1 aromatic heterocycles. The number of rotatable bonds is 9. The highest BCUT2D eigenvalue weighted by molar-refractivity contribution is 14.0. The fraction of sp³-hybridized carbons (Fsp3) is 0.524. The van der Waals surface area contributed by atoms with Gasteiger partial charge < -0.3 is 24.4 Å². The summed E-state index contributed by atoms with van der Waals surface area (Å²) < 4.78 is 7.13. The highest BCUT2D eigenvalue weighted by Gasteiger charge is 2.16. The van der Waals surface area contributed by atoms with E-state index in [4.69, 9.17) is 9.73 Å². The molecule has 1 heterocycles. The summed E-state index contributed by atoms with van der Waals surface area (Å²) in [6.45, 7) is 8.43. The minimum absolute atomic E-state index is 0. The van der Waals surface area contributed by atoms with E-state index in [-0.39, 0.29) is 36.4 Å². The van der Waals surface area contributed by atoms with Gasteiger partial charge >= 0.3 is 0 Å². The van der Waals surface area contributed by atoms with Crippen molar-refractivity contribution in [1.82, 2.24) is 29.9 Å². The van der Waals surface area contributed by atoms with Crippen molar-refractivity contribution in [3.05, 3.63) is 41.5 Å². The van der Waals surface area contributed by atoms with Crippen LogP contribution in [0.15, 0.2) is 29.3 Å². The first-order valence-corrected chi connectivity index (χ1v) is 10.1. The monoisotopic (exact) mass is 543 g/mol. The quantitative estimate of drug-likeness (QED) is 0.297. The second kappa shape index (κ2) is 13.1. The summed E-state index contributed by atoms with van der Waals surface area (Å²) in [7, 11) is 5.43. The maximum absolute atomic E-state index is 12.6. The lowest BCUT2D eigenvalue weighted by Crippen LogP contribution is -2.45. The fourth-order valence-electron chi connectivity index (χ4n) is 2.93. The van der Waals surface area contributed by atoms with E-state index in [0.29, 0.717) is 32.1 Å². The molecule has 10 heteroatoms. The summed E-state index contributed by atoms with van der Waals surface area (Å²) in [6, 6.07) is 7.78. The van der Waals surface area contributed by atoms with Gasteiger partial charge in [-0.15, -0.1) is 34.2 Å². The Labute approximate surface area is 201 Å². The minimum Gasteiger partial charge on any atom is -0.497 e. The summed E-state index contributed by atoms with van der Waals surface area (Å²) in [5.74, 6) is 3.14. The zero-order valence-electron chi connectivity index (χ0n) is 19.3. The van der Waals surface area contributed by atoms with E-state index in [1.54, 1.807) is 7.11 Å². The molecule has 0 saturated heterocycles. The molecule has 31 heavy (non-hydrogen) atoms. The lowest BCUT2D eigenvalue weighted by atomic mass is 10.2. The molecule has 0 aliphatic carbocycles. The smallest absolute Gasteiger partial charge is 0.242 e. The molecule has 1 amide bonds. The lowest BCUT2D eigenvalue weighted by molar-refractivity contribution is -0.131. The molecular formula is C21H34IN7O2. The van der Waals surface area contributed by atoms with Crippen molar-refractivity contribution in [2.24, 2.45) is 12.0 Å². The van der Waals surface area contributed by atoms with Crippen molar-refractivity contribution in [3.63, 3.8) is 0 Å². The van der Waals surface area contributed by atoms with E-state index in [2.05, 4.69) is 15.5 Å². The number of hydrogen-bond donors (Lipinski definition) is 1. The first-order valence-electron chi connectivity index (χ1n) is 10.1. The average molecular weight is 543 g/mol. The number of guanidine groups is 1. The number of aliphatic imine (C=N–C) groups is 1. The van der Waals surface area contributed by atoms with Gasteiger partial charge in [0.2, 0.25) is 5.91 Å². The second-order valence-corrected chi connectivity index (χ2v) is 6.99. The van der Waals surface area contributed by atoms with Crippen LogP contribution in [0.3, 0.4) is 0 Å². The summed E-state index contributed by atoms with van der Waals surface area (Å²) in [5.41, 5.74) is 1.05. The number of hydrogen-bond acceptors (Lipinski definition) is 5. The van der Waals surface area contributed by atoms with Crippen LogP contribution in [-0.4, -0.2) is 70.2 Å². The van der Waals surface area contributed by atoms with Crippen LogP contribution in [-0.2, 0) is 24.9 Å². The first kappa shape index (κ1) is 26.7. The third-order valence-corrected chi connectivity index (χ3v) is 5.01. The van der Waals surface area contributed by atoms with Gasteiger partial charge in [-0.25, -0.2) is 4.99 Å². The molecule has 0 spiro atoms. The highest BCUT2D eigenvalue weighted by atomic mass is 127. The normalized spacial score (nSPS) is 11.0. The van der Waals surface area contributed by atoms with E-state index < -0.39 is 0 Å². The molecule has 0 fully saturated rings. The molecule has 0 aliphatic heterocycles. The fourth-order valence-corrected chi connectivity index (χ4v) is 2.93. The van der Waals surface area contributed by atoms with Gasteiger partial charge in [-0.2, -0.15) is 0 Å². The van der Waals surface area contributed by atoms with Crippen LogP contribution in [0.1, 0.15) is 31.1 Å². The van der Waals surface area contributed by atoms with Gasteiger partial charge in [0.15, 0.2) is 11.8 Å². The Balaban J connectivity index is 0.00000480. The Morgan fingerprint density at radius 2 is 1.84 bits per heavy atom. The molecule has 1 aromatic carbocycles. The van der Waals surface area contributed by atoms with Crippen LogP contribution in [0.5, 0.6) is 5.75 Å². The summed E-state index contributed by atoms with van der Waals surface area (Å²) in [5, 5.41) is 11.6. The van der Waals surface area contributed by atoms with Gasteiger partial charge in [-0.1, -0.05) is 12.1 Å². The minimum atomic E-state index is 0. The number of nitrogens with zero attached hydrogens (tertiary/aromatic N) is 6. The number of aryl methyl sites for hydroxylation is 1. The Kier molecular flexibility index (Phi) is 11.3.